The maximum absolute atomic E-state index is 10.0. The summed E-state index contributed by atoms with van der Waals surface area (Å²) in [5.41, 5.74) is 0. The van der Waals surface area contributed by atoms with Gasteiger partial charge in [-0.3, -0.25) is 0 Å². The Morgan fingerprint density at radius 3 is 1.57 bits per heavy atom. The predicted molar refractivity (Wildman–Crippen MR) is 89.9 cm³/mol. The molecule has 0 aliphatic heterocycles. The Morgan fingerprint density at radius 1 is 0.714 bits per heavy atom. The molecule has 0 saturated carbocycles. The van der Waals surface area contributed by atoms with Crippen LogP contribution < -0.4 is 0 Å². The van der Waals surface area contributed by atoms with Gasteiger partial charge in [-0.25, -0.2) is 29.4 Å². The van der Waals surface area contributed by atoms with E-state index in [1.165, 1.54) is 18.2 Å². The van der Waals surface area contributed by atoms with Crippen LogP contribution in [0.2, 0.25) is 0 Å². The lowest BCUT2D eigenvalue weighted by Gasteiger charge is -2.14. The Balaban J connectivity index is 3.91. The third-order valence-corrected chi connectivity index (χ3v) is 5.92. The fourth-order valence-corrected chi connectivity index (χ4v) is 4.76. The first kappa shape index (κ1) is 20.2. The standard InChI is InChI=1S/C12H17N3O3S3/c16-9-13-1-4-19-7-12(21-6-3-15-11-18)8-20-5-2-14-10-17/h12H,1-8H2. The van der Waals surface area contributed by atoms with Gasteiger partial charge in [0.05, 0.1) is 19.6 Å². The smallest absolute Gasteiger partial charge is 0.211 e. The summed E-state index contributed by atoms with van der Waals surface area (Å²) >= 11 is 5.22. The summed E-state index contributed by atoms with van der Waals surface area (Å²) in [6.45, 7) is 1.45. The zero-order chi connectivity index (χ0) is 15.6. The van der Waals surface area contributed by atoms with Gasteiger partial charge in [0.1, 0.15) is 0 Å². The fraction of sp³-hybridized carbons (Fsp3) is 0.750. The quantitative estimate of drug-likeness (QED) is 0.269. The summed E-state index contributed by atoms with van der Waals surface area (Å²) in [5.74, 6) is 4.24. The Hall–Kier alpha value is -0.810. The molecule has 0 heterocycles. The van der Waals surface area contributed by atoms with Crippen LogP contribution in [0.3, 0.4) is 0 Å². The van der Waals surface area contributed by atoms with Crippen molar-refractivity contribution in [2.75, 3.05) is 48.4 Å². The molecule has 0 saturated heterocycles. The van der Waals surface area contributed by atoms with E-state index in [2.05, 4.69) is 15.0 Å². The van der Waals surface area contributed by atoms with E-state index in [0.29, 0.717) is 24.9 Å². The number of thioether (sulfide) groups is 3. The van der Waals surface area contributed by atoms with Gasteiger partial charge in [-0.05, 0) is 0 Å². The van der Waals surface area contributed by atoms with Gasteiger partial charge >= 0.3 is 0 Å². The third-order valence-electron chi connectivity index (χ3n) is 2.05. The van der Waals surface area contributed by atoms with Gasteiger partial charge in [0, 0.05) is 34.0 Å². The highest BCUT2D eigenvalue weighted by Gasteiger charge is 2.09. The summed E-state index contributed by atoms with van der Waals surface area (Å²) in [4.78, 5) is 40.4. The van der Waals surface area contributed by atoms with Crippen molar-refractivity contribution in [2.24, 2.45) is 15.0 Å². The van der Waals surface area contributed by atoms with Gasteiger partial charge in [0.2, 0.25) is 18.2 Å². The van der Waals surface area contributed by atoms with Crippen LogP contribution in [-0.2, 0) is 14.4 Å². The van der Waals surface area contributed by atoms with E-state index in [4.69, 9.17) is 0 Å². The molecular weight excluding hydrogens is 330 g/mol. The van der Waals surface area contributed by atoms with Gasteiger partial charge in [-0.1, -0.05) is 0 Å². The molecule has 21 heavy (non-hydrogen) atoms. The number of rotatable bonds is 14. The van der Waals surface area contributed by atoms with Gasteiger partial charge in [0.15, 0.2) is 0 Å². The molecule has 0 aromatic rings. The van der Waals surface area contributed by atoms with E-state index >= 15 is 0 Å². The number of hydrogen-bond donors (Lipinski definition) is 0. The molecule has 0 unspecified atom stereocenters. The largest absolute Gasteiger partial charge is 0.234 e. The molecule has 9 heteroatoms. The van der Waals surface area contributed by atoms with Crippen LogP contribution in [0.5, 0.6) is 0 Å². The van der Waals surface area contributed by atoms with E-state index in [1.54, 1.807) is 35.3 Å². The second kappa shape index (κ2) is 17.2. The van der Waals surface area contributed by atoms with Crippen molar-refractivity contribution in [1.29, 1.82) is 0 Å². The molecule has 0 aromatic heterocycles. The summed E-state index contributed by atoms with van der Waals surface area (Å²) in [6.07, 6.45) is 4.57. The van der Waals surface area contributed by atoms with E-state index in [9.17, 15) is 14.4 Å². The lowest BCUT2D eigenvalue weighted by atomic mass is 10.5. The number of isocyanates is 3. The number of hydrogen-bond acceptors (Lipinski definition) is 9. The van der Waals surface area contributed by atoms with Crippen molar-refractivity contribution in [1.82, 2.24) is 0 Å². The van der Waals surface area contributed by atoms with Crippen molar-refractivity contribution in [3.05, 3.63) is 0 Å². The third kappa shape index (κ3) is 15.4. The summed E-state index contributed by atoms with van der Waals surface area (Å²) in [5, 5.41) is 0.419. The number of aliphatic imine (C=N–C) groups is 3. The summed E-state index contributed by atoms with van der Waals surface area (Å²) < 4.78 is 0. The minimum Gasteiger partial charge on any atom is -0.211 e. The first-order valence-electron chi connectivity index (χ1n) is 6.23. The van der Waals surface area contributed by atoms with Crippen LogP contribution in [0.4, 0.5) is 0 Å². The first-order valence-corrected chi connectivity index (χ1v) is 9.59. The Morgan fingerprint density at radius 2 is 1.14 bits per heavy atom. The van der Waals surface area contributed by atoms with Crippen molar-refractivity contribution in [2.45, 2.75) is 5.25 Å². The zero-order valence-electron chi connectivity index (χ0n) is 11.5. The fourth-order valence-electron chi connectivity index (χ4n) is 1.20. The van der Waals surface area contributed by atoms with E-state index in [1.807, 2.05) is 0 Å². The topological polar surface area (TPSA) is 88.3 Å². The molecular formula is C12H17N3O3S3. The number of carbonyl (C=O) groups excluding carboxylic acids is 3. The molecule has 0 aliphatic rings. The minimum atomic E-state index is 0.419. The van der Waals surface area contributed by atoms with Gasteiger partial charge in [-0.2, -0.15) is 35.3 Å². The molecule has 0 aromatic carbocycles. The first-order chi connectivity index (χ1) is 10.3. The highest BCUT2D eigenvalue weighted by Crippen LogP contribution is 2.21. The molecule has 6 nitrogen and oxygen atoms in total. The molecule has 0 amide bonds. The van der Waals surface area contributed by atoms with Crippen LogP contribution in [0.25, 0.3) is 0 Å². The highest BCUT2D eigenvalue weighted by molar-refractivity contribution is 8.05. The SMILES string of the molecule is O=C=NCCSCC(CSCCN=C=O)SCCN=C=O. The normalized spacial score (nSPS) is 10.9. The predicted octanol–water partition coefficient (Wildman–Crippen LogP) is 1.56. The lowest BCUT2D eigenvalue weighted by molar-refractivity contribution is 0.562. The Kier molecular flexibility index (Phi) is 16.6. The maximum Gasteiger partial charge on any atom is 0.234 e. The second-order valence-electron chi connectivity index (χ2n) is 3.56. The molecule has 0 rings (SSSR count). The molecule has 0 radical (unpaired) electrons. The molecule has 0 N–H and O–H groups in total. The minimum absolute atomic E-state index is 0.419. The molecule has 0 bridgehead atoms. The van der Waals surface area contributed by atoms with Crippen LogP contribution in [0.15, 0.2) is 15.0 Å². The molecule has 0 fully saturated rings. The van der Waals surface area contributed by atoms with Gasteiger partial charge in [-0.15, -0.1) is 0 Å². The van der Waals surface area contributed by atoms with E-state index < -0.39 is 0 Å². The molecule has 0 spiro atoms. The number of nitrogens with zero attached hydrogens (tertiary/aromatic N) is 3. The van der Waals surface area contributed by atoms with Crippen LogP contribution in [0, 0.1) is 0 Å². The molecule has 0 aliphatic carbocycles. The van der Waals surface area contributed by atoms with Crippen molar-refractivity contribution in [3.8, 4) is 0 Å². The lowest BCUT2D eigenvalue weighted by Crippen LogP contribution is -2.13. The second-order valence-corrected chi connectivity index (χ2v) is 7.27. The maximum atomic E-state index is 10.0. The average Bonchev–Trinajstić information content (AvgIpc) is 2.50. The molecule has 116 valence electrons. The molecule has 0 atom stereocenters. The van der Waals surface area contributed by atoms with Gasteiger partial charge in [0.25, 0.3) is 0 Å². The van der Waals surface area contributed by atoms with Crippen LogP contribution in [-0.4, -0.2) is 71.9 Å². The van der Waals surface area contributed by atoms with E-state index in [-0.39, 0.29) is 0 Å². The summed E-state index contributed by atoms with van der Waals surface area (Å²) in [6, 6.07) is 0. The van der Waals surface area contributed by atoms with Crippen LogP contribution >= 0.6 is 35.3 Å². The Bertz CT molecular complexity index is 378. The highest BCUT2D eigenvalue weighted by atomic mass is 32.2. The average molecular weight is 347 g/mol. The van der Waals surface area contributed by atoms with Crippen LogP contribution in [0.1, 0.15) is 0 Å². The Labute approximate surface area is 136 Å². The van der Waals surface area contributed by atoms with Crippen molar-refractivity contribution < 1.29 is 14.4 Å². The monoisotopic (exact) mass is 347 g/mol. The zero-order valence-corrected chi connectivity index (χ0v) is 14.0. The van der Waals surface area contributed by atoms with E-state index in [0.717, 1.165) is 28.8 Å². The van der Waals surface area contributed by atoms with Crippen molar-refractivity contribution in [3.63, 3.8) is 0 Å². The summed E-state index contributed by atoms with van der Waals surface area (Å²) in [7, 11) is 0. The van der Waals surface area contributed by atoms with Gasteiger partial charge < -0.3 is 0 Å². The van der Waals surface area contributed by atoms with Crippen molar-refractivity contribution >= 4 is 53.5 Å².